The zero-order valence-corrected chi connectivity index (χ0v) is 11.5. The quantitative estimate of drug-likeness (QED) is 0.878. The van der Waals surface area contributed by atoms with Crippen molar-refractivity contribution in [1.82, 2.24) is 0 Å². The van der Waals surface area contributed by atoms with Gasteiger partial charge in [-0.05, 0) is 40.5 Å². The lowest BCUT2D eigenvalue weighted by molar-refractivity contribution is -0.119. The minimum absolute atomic E-state index is 0.0123. The lowest BCUT2D eigenvalue weighted by atomic mass is 10.1. The Bertz CT molecular complexity index is 395. The molecule has 1 aromatic carbocycles. The van der Waals surface area contributed by atoms with Crippen molar-refractivity contribution in [2.75, 3.05) is 19.0 Å². The molecule has 0 aromatic heterocycles. The normalized spacial score (nSPS) is 12.0. The standard InChI is InChI=1S/C12H16BrNO3/c1-8(5-6-15)12(16)14-11-4-3-9(17-2)7-10(11)13/h3-4,7-8,15H,5-6H2,1-2H3,(H,14,16). The summed E-state index contributed by atoms with van der Waals surface area (Å²) in [6.45, 7) is 1.79. The lowest BCUT2D eigenvalue weighted by Gasteiger charge is -2.12. The van der Waals surface area contributed by atoms with Gasteiger partial charge in [-0.25, -0.2) is 0 Å². The molecule has 0 aliphatic carbocycles. The number of aliphatic hydroxyl groups is 1. The number of methoxy groups -OCH3 is 1. The summed E-state index contributed by atoms with van der Waals surface area (Å²) in [5.41, 5.74) is 0.695. The number of nitrogens with one attached hydrogen (secondary N) is 1. The molecule has 17 heavy (non-hydrogen) atoms. The summed E-state index contributed by atoms with van der Waals surface area (Å²) in [5.74, 6) is 0.400. The summed E-state index contributed by atoms with van der Waals surface area (Å²) < 4.78 is 5.83. The first-order valence-corrected chi connectivity index (χ1v) is 6.13. The first-order chi connectivity index (χ1) is 8.08. The third kappa shape index (κ3) is 4.02. The Morgan fingerprint density at radius 1 is 1.59 bits per heavy atom. The maximum absolute atomic E-state index is 11.7. The van der Waals surface area contributed by atoms with Crippen LogP contribution in [-0.4, -0.2) is 24.7 Å². The van der Waals surface area contributed by atoms with Gasteiger partial charge in [0.1, 0.15) is 5.75 Å². The van der Waals surface area contributed by atoms with Crippen LogP contribution in [0.1, 0.15) is 13.3 Å². The molecule has 1 unspecified atom stereocenters. The molecule has 0 bridgehead atoms. The molecule has 0 spiro atoms. The molecule has 1 atom stereocenters. The first-order valence-electron chi connectivity index (χ1n) is 5.33. The molecular weight excluding hydrogens is 286 g/mol. The fraction of sp³-hybridized carbons (Fsp3) is 0.417. The highest BCUT2D eigenvalue weighted by Crippen LogP contribution is 2.27. The second kappa shape index (κ2) is 6.61. The van der Waals surface area contributed by atoms with Crippen LogP contribution in [0.3, 0.4) is 0 Å². The Balaban J connectivity index is 2.71. The molecule has 2 N–H and O–H groups in total. The zero-order valence-electron chi connectivity index (χ0n) is 9.87. The van der Waals surface area contributed by atoms with Crippen LogP contribution in [0, 0.1) is 5.92 Å². The smallest absolute Gasteiger partial charge is 0.227 e. The van der Waals surface area contributed by atoms with Crippen LogP contribution < -0.4 is 10.1 Å². The van der Waals surface area contributed by atoms with E-state index in [0.29, 0.717) is 12.1 Å². The molecule has 4 nitrogen and oxygen atoms in total. The monoisotopic (exact) mass is 301 g/mol. The lowest BCUT2D eigenvalue weighted by Crippen LogP contribution is -2.21. The second-order valence-corrected chi connectivity index (χ2v) is 4.60. The zero-order chi connectivity index (χ0) is 12.8. The third-order valence-corrected chi connectivity index (χ3v) is 3.10. The number of rotatable bonds is 5. The van der Waals surface area contributed by atoms with Crippen LogP contribution >= 0.6 is 15.9 Å². The van der Waals surface area contributed by atoms with Crippen LogP contribution in [0.2, 0.25) is 0 Å². The van der Waals surface area contributed by atoms with Crippen molar-refractivity contribution < 1.29 is 14.6 Å². The van der Waals surface area contributed by atoms with Crippen molar-refractivity contribution in [1.29, 1.82) is 0 Å². The van der Waals surface area contributed by atoms with E-state index in [9.17, 15) is 4.79 Å². The van der Waals surface area contributed by atoms with Crippen LogP contribution in [0.25, 0.3) is 0 Å². The Morgan fingerprint density at radius 2 is 2.29 bits per heavy atom. The van der Waals surface area contributed by atoms with Crippen molar-refractivity contribution in [3.05, 3.63) is 22.7 Å². The van der Waals surface area contributed by atoms with E-state index >= 15 is 0 Å². The van der Waals surface area contributed by atoms with E-state index in [2.05, 4.69) is 21.2 Å². The molecule has 1 amide bonds. The van der Waals surface area contributed by atoms with Gasteiger partial charge >= 0.3 is 0 Å². The number of halogens is 1. The van der Waals surface area contributed by atoms with E-state index < -0.39 is 0 Å². The third-order valence-electron chi connectivity index (χ3n) is 2.44. The fourth-order valence-electron chi connectivity index (χ4n) is 1.30. The summed E-state index contributed by atoms with van der Waals surface area (Å²) in [6.07, 6.45) is 0.458. The van der Waals surface area contributed by atoms with Crippen molar-refractivity contribution >= 4 is 27.5 Å². The number of aliphatic hydroxyl groups excluding tert-OH is 1. The summed E-state index contributed by atoms with van der Waals surface area (Å²) >= 11 is 3.36. The number of ether oxygens (including phenoxy) is 1. The highest BCUT2D eigenvalue weighted by Gasteiger charge is 2.13. The summed E-state index contributed by atoms with van der Waals surface area (Å²) in [4.78, 5) is 11.7. The van der Waals surface area contributed by atoms with Gasteiger partial charge in [0.2, 0.25) is 5.91 Å². The molecule has 94 valence electrons. The molecule has 0 radical (unpaired) electrons. The average Bonchev–Trinajstić information content (AvgIpc) is 2.31. The van der Waals surface area contributed by atoms with Crippen molar-refractivity contribution in [3.63, 3.8) is 0 Å². The van der Waals surface area contributed by atoms with Crippen LogP contribution in [-0.2, 0) is 4.79 Å². The summed E-state index contributed by atoms with van der Waals surface area (Å²) in [6, 6.07) is 5.33. The van der Waals surface area contributed by atoms with Crippen molar-refractivity contribution in [2.45, 2.75) is 13.3 Å². The fourth-order valence-corrected chi connectivity index (χ4v) is 1.76. The molecule has 0 aliphatic rings. The minimum Gasteiger partial charge on any atom is -0.497 e. The number of carbonyl (C=O) groups excluding carboxylic acids is 1. The number of hydrogen-bond donors (Lipinski definition) is 2. The maximum Gasteiger partial charge on any atom is 0.227 e. The number of hydrogen-bond acceptors (Lipinski definition) is 3. The topological polar surface area (TPSA) is 58.6 Å². The van der Waals surface area contributed by atoms with E-state index in [1.54, 1.807) is 32.2 Å². The number of anilines is 1. The predicted octanol–water partition coefficient (Wildman–Crippen LogP) is 2.41. The Kier molecular flexibility index (Phi) is 5.44. The van der Waals surface area contributed by atoms with E-state index in [4.69, 9.17) is 9.84 Å². The van der Waals surface area contributed by atoms with Gasteiger partial charge in [-0.2, -0.15) is 0 Å². The minimum atomic E-state index is -0.214. The molecular formula is C12H16BrNO3. The number of amides is 1. The molecule has 5 heteroatoms. The molecule has 1 rings (SSSR count). The average molecular weight is 302 g/mol. The molecule has 0 aliphatic heterocycles. The van der Waals surface area contributed by atoms with Crippen LogP contribution in [0.15, 0.2) is 22.7 Å². The maximum atomic E-state index is 11.7. The van der Waals surface area contributed by atoms with Crippen molar-refractivity contribution in [2.24, 2.45) is 5.92 Å². The molecule has 1 aromatic rings. The van der Waals surface area contributed by atoms with Gasteiger partial charge in [-0.1, -0.05) is 6.92 Å². The molecule has 0 saturated carbocycles. The number of benzene rings is 1. The summed E-state index contributed by atoms with van der Waals surface area (Å²) in [7, 11) is 1.59. The Hall–Kier alpha value is -1.07. The molecule has 0 saturated heterocycles. The van der Waals surface area contributed by atoms with E-state index in [-0.39, 0.29) is 18.4 Å². The SMILES string of the molecule is COc1ccc(NC(=O)C(C)CCO)c(Br)c1. The largest absolute Gasteiger partial charge is 0.497 e. The van der Waals surface area contributed by atoms with E-state index in [1.807, 2.05) is 0 Å². The van der Waals surface area contributed by atoms with Gasteiger partial charge in [-0.3, -0.25) is 4.79 Å². The van der Waals surface area contributed by atoms with Gasteiger partial charge in [0.25, 0.3) is 0 Å². The Labute approximate surface area is 109 Å². The predicted molar refractivity (Wildman–Crippen MR) is 70.2 cm³/mol. The highest BCUT2D eigenvalue weighted by atomic mass is 79.9. The molecule has 0 fully saturated rings. The van der Waals surface area contributed by atoms with Gasteiger partial charge in [0.15, 0.2) is 0 Å². The number of carbonyl (C=O) groups is 1. The Morgan fingerprint density at radius 3 is 2.82 bits per heavy atom. The highest BCUT2D eigenvalue weighted by molar-refractivity contribution is 9.10. The van der Waals surface area contributed by atoms with Crippen molar-refractivity contribution in [3.8, 4) is 5.75 Å². The van der Waals surface area contributed by atoms with Crippen LogP contribution in [0.4, 0.5) is 5.69 Å². The van der Waals surface area contributed by atoms with Gasteiger partial charge in [0.05, 0.1) is 12.8 Å². The molecule has 0 heterocycles. The summed E-state index contributed by atoms with van der Waals surface area (Å²) in [5, 5.41) is 11.6. The first kappa shape index (κ1) is 14.0. The van der Waals surface area contributed by atoms with E-state index in [0.717, 1.165) is 10.2 Å². The van der Waals surface area contributed by atoms with Gasteiger partial charge in [-0.15, -0.1) is 0 Å². The van der Waals surface area contributed by atoms with Gasteiger partial charge < -0.3 is 15.2 Å². The van der Waals surface area contributed by atoms with Gasteiger partial charge in [0, 0.05) is 17.0 Å². The van der Waals surface area contributed by atoms with E-state index in [1.165, 1.54) is 0 Å². The van der Waals surface area contributed by atoms with Crippen LogP contribution in [0.5, 0.6) is 5.75 Å². The second-order valence-electron chi connectivity index (χ2n) is 3.75.